The third-order valence-electron chi connectivity index (χ3n) is 6.03. The van der Waals surface area contributed by atoms with Crippen molar-refractivity contribution >= 4 is 5.91 Å². The number of likely N-dealkylation sites (tertiary alicyclic amines) is 1. The largest absolute Gasteiger partial charge is 0.360 e. The van der Waals surface area contributed by atoms with Crippen molar-refractivity contribution in [1.29, 1.82) is 5.26 Å². The summed E-state index contributed by atoms with van der Waals surface area (Å²) in [5.74, 6) is 0.502. The summed E-state index contributed by atoms with van der Waals surface area (Å²) < 4.78 is 5.10. The van der Waals surface area contributed by atoms with Gasteiger partial charge >= 0.3 is 0 Å². The Balaban J connectivity index is 1.59. The molecular weight excluding hydrogens is 326 g/mol. The van der Waals surface area contributed by atoms with Gasteiger partial charge in [0, 0.05) is 12.0 Å². The molecular formula is C21H23N3O2. The molecule has 0 N–H and O–H groups in total. The van der Waals surface area contributed by atoms with Gasteiger partial charge in [0.25, 0.3) is 0 Å². The molecule has 2 aliphatic rings. The predicted octanol–water partition coefficient (Wildman–Crippen LogP) is 3.93. The van der Waals surface area contributed by atoms with Gasteiger partial charge in [0.2, 0.25) is 5.91 Å². The Morgan fingerprint density at radius 3 is 2.73 bits per heavy atom. The molecule has 1 saturated carbocycles. The van der Waals surface area contributed by atoms with E-state index in [0.717, 1.165) is 6.54 Å². The lowest BCUT2D eigenvalue weighted by Gasteiger charge is -2.59. The monoisotopic (exact) mass is 349 g/mol. The normalized spacial score (nSPS) is 21.2. The lowest BCUT2D eigenvalue weighted by Crippen LogP contribution is -2.61. The summed E-state index contributed by atoms with van der Waals surface area (Å²) in [6.45, 7) is 2.51. The molecule has 5 nitrogen and oxygen atoms in total. The quantitative estimate of drug-likeness (QED) is 0.842. The average Bonchev–Trinajstić information content (AvgIpc) is 3.00. The van der Waals surface area contributed by atoms with E-state index in [0.29, 0.717) is 17.0 Å². The molecule has 2 heterocycles. The molecule has 1 spiro atoms. The summed E-state index contributed by atoms with van der Waals surface area (Å²) in [5, 5.41) is 13.2. The Morgan fingerprint density at radius 1 is 1.31 bits per heavy atom. The molecule has 0 radical (unpaired) electrons. The average molecular weight is 349 g/mol. The highest BCUT2D eigenvalue weighted by atomic mass is 16.5. The maximum atomic E-state index is 13.0. The van der Waals surface area contributed by atoms with Crippen LogP contribution in [0.2, 0.25) is 0 Å². The van der Waals surface area contributed by atoms with Crippen molar-refractivity contribution in [2.75, 3.05) is 6.54 Å². The van der Waals surface area contributed by atoms with Gasteiger partial charge in [0.1, 0.15) is 17.3 Å². The Bertz CT molecular complexity index is 844. The number of carbonyl (C=O) groups is 1. The van der Waals surface area contributed by atoms with Gasteiger partial charge in [0.05, 0.1) is 12.5 Å². The van der Waals surface area contributed by atoms with Crippen molar-refractivity contribution in [3.8, 4) is 6.07 Å². The number of amides is 1. The lowest BCUT2D eigenvalue weighted by atomic mass is 9.61. The molecule has 0 unspecified atom stereocenters. The van der Waals surface area contributed by atoms with Crippen LogP contribution in [0.15, 0.2) is 34.9 Å². The molecule has 1 saturated heterocycles. The van der Waals surface area contributed by atoms with Crippen LogP contribution in [0.4, 0.5) is 0 Å². The van der Waals surface area contributed by atoms with Gasteiger partial charge in [-0.15, -0.1) is 0 Å². The minimum atomic E-state index is 0.0276. The van der Waals surface area contributed by atoms with Crippen LogP contribution in [0.1, 0.15) is 60.7 Å². The molecule has 5 heteroatoms. The van der Waals surface area contributed by atoms with Gasteiger partial charge in [-0.1, -0.05) is 54.8 Å². The highest BCUT2D eigenvalue weighted by molar-refractivity contribution is 5.80. The summed E-state index contributed by atoms with van der Waals surface area (Å²) in [6, 6.07) is 12.6. The molecule has 2 fully saturated rings. The molecule has 4 rings (SSSR count). The van der Waals surface area contributed by atoms with Gasteiger partial charge in [-0.25, -0.2) is 0 Å². The number of nitrogens with zero attached hydrogens (tertiary/aromatic N) is 3. The van der Waals surface area contributed by atoms with Crippen molar-refractivity contribution in [3.63, 3.8) is 0 Å². The second kappa shape index (κ2) is 6.60. The van der Waals surface area contributed by atoms with Gasteiger partial charge in [-0.2, -0.15) is 5.26 Å². The van der Waals surface area contributed by atoms with Crippen LogP contribution < -0.4 is 0 Å². The van der Waals surface area contributed by atoms with Gasteiger partial charge < -0.3 is 9.42 Å². The number of hydrogen-bond donors (Lipinski definition) is 0. The molecule has 1 atom stereocenters. The number of benzene rings is 1. The fraction of sp³-hybridized carbons (Fsp3) is 0.476. The van der Waals surface area contributed by atoms with E-state index in [1.807, 2.05) is 23.1 Å². The highest BCUT2D eigenvalue weighted by Gasteiger charge is 2.54. The lowest BCUT2D eigenvalue weighted by molar-refractivity contribution is -0.160. The number of carbonyl (C=O) groups excluding carboxylic acids is 1. The number of rotatable bonds is 3. The zero-order valence-corrected chi connectivity index (χ0v) is 15.1. The van der Waals surface area contributed by atoms with Crippen molar-refractivity contribution in [2.24, 2.45) is 5.41 Å². The van der Waals surface area contributed by atoms with E-state index >= 15 is 0 Å². The zero-order valence-electron chi connectivity index (χ0n) is 15.1. The third-order valence-corrected chi connectivity index (χ3v) is 6.03. The number of nitriles is 1. The Kier molecular flexibility index (Phi) is 4.28. The van der Waals surface area contributed by atoms with E-state index < -0.39 is 0 Å². The van der Waals surface area contributed by atoms with Crippen molar-refractivity contribution < 1.29 is 9.32 Å². The van der Waals surface area contributed by atoms with E-state index in [2.05, 4.69) is 23.4 Å². The van der Waals surface area contributed by atoms with Crippen LogP contribution >= 0.6 is 0 Å². The van der Waals surface area contributed by atoms with Gasteiger partial charge in [-0.05, 0) is 25.3 Å². The molecule has 26 heavy (non-hydrogen) atoms. The Hall–Kier alpha value is -2.61. The van der Waals surface area contributed by atoms with E-state index in [1.165, 1.54) is 37.7 Å². The summed E-state index contributed by atoms with van der Waals surface area (Å²) in [5.41, 5.74) is 2.27. The first kappa shape index (κ1) is 16.8. The van der Waals surface area contributed by atoms with Crippen molar-refractivity contribution in [3.05, 3.63) is 52.9 Å². The molecule has 1 aliphatic carbocycles. The highest BCUT2D eigenvalue weighted by Crippen LogP contribution is 2.56. The number of aryl methyl sites for hydroxylation is 1. The van der Waals surface area contributed by atoms with Gasteiger partial charge in [-0.3, -0.25) is 4.79 Å². The second-order valence-corrected chi connectivity index (χ2v) is 7.61. The molecule has 1 aromatic heterocycles. The topological polar surface area (TPSA) is 70.1 Å². The smallest absolute Gasteiger partial charge is 0.229 e. The first-order valence-electron chi connectivity index (χ1n) is 9.34. The summed E-state index contributed by atoms with van der Waals surface area (Å²) in [4.78, 5) is 15.0. The maximum Gasteiger partial charge on any atom is 0.229 e. The van der Waals surface area contributed by atoms with E-state index in [1.54, 1.807) is 6.92 Å². The molecule has 1 aromatic carbocycles. The molecule has 134 valence electrons. The van der Waals surface area contributed by atoms with Gasteiger partial charge in [0.15, 0.2) is 5.76 Å². The van der Waals surface area contributed by atoms with Crippen molar-refractivity contribution in [2.45, 2.75) is 51.5 Å². The van der Waals surface area contributed by atoms with Crippen LogP contribution in [0.25, 0.3) is 0 Å². The standard InChI is InChI=1S/C21H23N3O2/c1-15-17(13-22)18(23-26-15)12-19(25)24-14-21(10-6-3-7-11-21)20(24)16-8-4-2-5-9-16/h2,4-5,8-9,20H,3,6-7,10-12,14H2,1H3/t20-/m1/s1. The van der Waals surface area contributed by atoms with Crippen LogP contribution in [0.3, 0.4) is 0 Å². The second-order valence-electron chi connectivity index (χ2n) is 7.61. The molecule has 1 aliphatic heterocycles. The zero-order chi connectivity index (χ0) is 18.1. The minimum Gasteiger partial charge on any atom is -0.360 e. The fourth-order valence-corrected chi connectivity index (χ4v) is 4.75. The van der Waals surface area contributed by atoms with Crippen LogP contribution in [-0.2, 0) is 11.2 Å². The fourth-order valence-electron chi connectivity index (χ4n) is 4.75. The summed E-state index contributed by atoms with van der Waals surface area (Å²) in [7, 11) is 0. The molecule has 2 aromatic rings. The molecule has 1 amide bonds. The van der Waals surface area contributed by atoms with E-state index in [-0.39, 0.29) is 23.8 Å². The maximum absolute atomic E-state index is 13.0. The Morgan fingerprint density at radius 2 is 2.04 bits per heavy atom. The number of aromatic nitrogens is 1. The SMILES string of the molecule is Cc1onc(CC(=O)N2CC3(CCCCC3)[C@H]2c2ccccc2)c1C#N. The van der Waals surface area contributed by atoms with Crippen LogP contribution in [-0.4, -0.2) is 22.5 Å². The van der Waals surface area contributed by atoms with Crippen LogP contribution in [0.5, 0.6) is 0 Å². The van der Waals surface area contributed by atoms with Crippen molar-refractivity contribution in [1.82, 2.24) is 10.1 Å². The Labute approximate surface area is 153 Å². The minimum absolute atomic E-state index is 0.0276. The van der Waals surface area contributed by atoms with E-state index in [9.17, 15) is 10.1 Å². The first-order chi connectivity index (χ1) is 12.6. The first-order valence-corrected chi connectivity index (χ1v) is 9.34. The summed E-state index contributed by atoms with van der Waals surface area (Å²) >= 11 is 0. The predicted molar refractivity (Wildman–Crippen MR) is 96.1 cm³/mol. The van der Waals surface area contributed by atoms with Crippen LogP contribution in [0, 0.1) is 23.7 Å². The summed E-state index contributed by atoms with van der Waals surface area (Å²) in [6.07, 6.45) is 6.27. The number of hydrogen-bond acceptors (Lipinski definition) is 4. The third kappa shape index (κ3) is 2.70. The van der Waals surface area contributed by atoms with E-state index in [4.69, 9.17) is 4.52 Å². The molecule has 0 bridgehead atoms.